The highest BCUT2D eigenvalue weighted by Crippen LogP contribution is 2.17. The molecule has 0 heterocycles. The largest absolute Gasteiger partial charge is 0.494 e. The van der Waals surface area contributed by atoms with Crippen LogP contribution < -0.4 is 20.7 Å². The van der Waals surface area contributed by atoms with Crippen LogP contribution in [0, 0.1) is 5.92 Å². The van der Waals surface area contributed by atoms with Gasteiger partial charge >= 0.3 is 0 Å². The lowest BCUT2D eigenvalue weighted by molar-refractivity contribution is -0.648. The second kappa shape index (κ2) is 10.3. The van der Waals surface area contributed by atoms with E-state index < -0.39 is 0 Å². The van der Waals surface area contributed by atoms with Gasteiger partial charge in [0.25, 0.3) is 11.8 Å². The molecule has 2 aromatic rings. The Morgan fingerprint density at radius 3 is 2.15 bits per heavy atom. The maximum atomic E-state index is 12.3. The molecule has 2 aromatic carbocycles. The van der Waals surface area contributed by atoms with E-state index in [-0.39, 0.29) is 11.8 Å². The molecule has 6 nitrogen and oxygen atoms in total. The van der Waals surface area contributed by atoms with Crippen LogP contribution in [0.1, 0.15) is 31.1 Å². The molecule has 0 aliphatic rings. The molecular formula is C21H28N3O3+. The van der Waals surface area contributed by atoms with Gasteiger partial charge < -0.3 is 20.7 Å². The maximum absolute atomic E-state index is 12.3. The van der Waals surface area contributed by atoms with Gasteiger partial charge in [-0.25, -0.2) is 0 Å². The van der Waals surface area contributed by atoms with Gasteiger partial charge in [0.05, 0.1) is 13.2 Å². The summed E-state index contributed by atoms with van der Waals surface area (Å²) in [5, 5.41) is 7.66. The summed E-state index contributed by atoms with van der Waals surface area (Å²) in [4.78, 5) is 24.2. The summed E-state index contributed by atoms with van der Waals surface area (Å²) in [6.07, 6.45) is 0. The fourth-order valence-electron chi connectivity index (χ4n) is 2.47. The number of amides is 2. The Labute approximate surface area is 160 Å². The van der Waals surface area contributed by atoms with Crippen LogP contribution in [-0.4, -0.2) is 31.5 Å². The number of hydrogen-bond acceptors (Lipinski definition) is 3. The normalized spacial score (nSPS) is 10.5. The quantitative estimate of drug-likeness (QED) is 0.634. The SMILES string of the molecule is CCOc1ccc(NC(=O)c2ccc(NC(=O)C[NH2+]CC(C)C)cc2)cc1. The number of rotatable bonds is 9. The van der Waals surface area contributed by atoms with Crippen molar-refractivity contribution >= 4 is 23.2 Å². The number of ether oxygens (including phenoxy) is 1. The molecule has 2 amide bonds. The van der Waals surface area contributed by atoms with E-state index in [1.165, 1.54) is 0 Å². The number of nitrogens with one attached hydrogen (secondary N) is 2. The van der Waals surface area contributed by atoms with Crippen molar-refractivity contribution in [3.63, 3.8) is 0 Å². The van der Waals surface area contributed by atoms with E-state index in [1.54, 1.807) is 36.4 Å². The lowest BCUT2D eigenvalue weighted by Crippen LogP contribution is -2.87. The Morgan fingerprint density at radius 1 is 0.963 bits per heavy atom. The summed E-state index contributed by atoms with van der Waals surface area (Å²) in [5.74, 6) is 1.05. The van der Waals surface area contributed by atoms with E-state index in [0.717, 1.165) is 12.3 Å². The van der Waals surface area contributed by atoms with Gasteiger partial charge in [-0.05, 0) is 55.5 Å². The number of benzene rings is 2. The Balaban J connectivity index is 1.86. The molecule has 0 aliphatic carbocycles. The Kier molecular flexibility index (Phi) is 7.82. The van der Waals surface area contributed by atoms with E-state index in [4.69, 9.17) is 4.74 Å². The topological polar surface area (TPSA) is 84.0 Å². The van der Waals surface area contributed by atoms with Crippen molar-refractivity contribution < 1.29 is 19.6 Å². The molecule has 0 bridgehead atoms. The van der Waals surface area contributed by atoms with E-state index >= 15 is 0 Å². The van der Waals surface area contributed by atoms with Gasteiger partial charge in [0.1, 0.15) is 5.75 Å². The average Bonchev–Trinajstić information content (AvgIpc) is 2.64. The molecule has 144 valence electrons. The minimum atomic E-state index is -0.206. The van der Waals surface area contributed by atoms with Gasteiger partial charge in [-0.15, -0.1) is 0 Å². The van der Waals surface area contributed by atoms with Crippen LogP contribution in [0.2, 0.25) is 0 Å². The number of anilines is 2. The molecule has 0 atom stereocenters. The summed E-state index contributed by atoms with van der Waals surface area (Å²) >= 11 is 0. The molecular weight excluding hydrogens is 342 g/mol. The summed E-state index contributed by atoms with van der Waals surface area (Å²) in [6, 6.07) is 14.1. The van der Waals surface area contributed by atoms with E-state index in [9.17, 15) is 9.59 Å². The van der Waals surface area contributed by atoms with Crippen LogP contribution >= 0.6 is 0 Å². The number of nitrogens with two attached hydrogens (primary N) is 1. The molecule has 0 saturated carbocycles. The zero-order chi connectivity index (χ0) is 19.6. The number of hydrogen-bond donors (Lipinski definition) is 3. The maximum Gasteiger partial charge on any atom is 0.279 e. The molecule has 4 N–H and O–H groups in total. The molecule has 0 aliphatic heterocycles. The second-order valence-electron chi connectivity index (χ2n) is 6.66. The van der Waals surface area contributed by atoms with Gasteiger partial charge in [-0.1, -0.05) is 13.8 Å². The predicted molar refractivity (Wildman–Crippen MR) is 107 cm³/mol. The minimum absolute atomic E-state index is 0.0535. The fourth-order valence-corrected chi connectivity index (χ4v) is 2.47. The lowest BCUT2D eigenvalue weighted by Gasteiger charge is -2.09. The Bertz CT molecular complexity index is 740. The first-order valence-corrected chi connectivity index (χ1v) is 9.23. The molecule has 27 heavy (non-hydrogen) atoms. The van der Waals surface area contributed by atoms with Gasteiger partial charge in [0.15, 0.2) is 6.54 Å². The summed E-state index contributed by atoms with van der Waals surface area (Å²) in [6.45, 7) is 8.06. The summed E-state index contributed by atoms with van der Waals surface area (Å²) < 4.78 is 5.38. The number of quaternary nitrogens is 1. The van der Waals surface area contributed by atoms with Crippen LogP contribution in [-0.2, 0) is 4.79 Å². The first-order chi connectivity index (χ1) is 13.0. The third kappa shape index (κ3) is 7.11. The molecule has 0 spiro atoms. The van der Waals surface area contributed by atoms with E-state index in [0.29, 0.717) is 36.0 Å². The molecule has 0 fully saturated rings. The Morgan fingerprint density at radius 2 is 1.56 bits per heavy atom. The first kappa shape index (κ1) is 20.5. The van der Waals surface area contributed by atoms with E-state index in [1.807, 2.05) is 24.4 Å². The first-order valence-electron chi connectivity index (χ1n) is 9.23. The van der Waals surface area contributed by atoms with Crippen molar-refractivity contribution in [2.24, 2.45) is 5.92 Å². The van der Waals surface area contributed by atoms with Crippen molar-refractivity contribution in [2.75, 3.05) is 30.3 Å². The monoisotopic (exact) mass is 370 g/mol. The molecule has 0 saturated heterocycles. The van der Waals surface area contributed by atoms with Crippen LogP contribution in [0.5, 0.6) is 5.75 Å². The van der Waals surface area contributed by atoms with Gasteiger partial charge in [-0.2, -0.15) is 0 Å². The van der Waals surface area contributed by atoms with Gasteiger partial charge in [-0.3, -0.25) is 9.59 Å². The molecule has 6 heteroatoms. The zero-order valence-electron chi connectivity index (χ0n) is 16.1. The minimum Gasteiger partial charge on any atom is -0.494 e. The average molecular weight is 370 g/mol. The van der Waals surface area contributed by atoms with Crippen molar-refractivity contribution in [3.8, 4) is 5.75 Å². The van der Waals surface area contributed by atoms with Crippen molar-refractivity contribution in [1.82, 2.24) is 0 Å². The zero-order valence-corrected chi connectivity index (χ0v) is 16.1. The van der Waals surface area contributed by atoms with Gasteiger partial charge in [0.2, 0.25) is 0 Å². The second-order valence-corrected chi connectivity index (χ2v) is 6.66. The van der Waals surface area contributed by atoms with E-state index in [2.05, 4.69) is 24.5 Å². The molecule has 2 rings (SSSR count). The highest BCUT2D eigenvalue weighted by atomic mass is 16.5. The van der Waals surface area contributed by atoms with Crippen molar-refractivity contribution in [2.45, 2.75) is 20.8 Å². The third-order valence-electron chi connectivity index (χ3n) is 3.82. The smallest absolute Gasteiger partial charge is 0.279 e. The van der Waals surface area contributed by atoms with Gasteiger partial charge in [0, 0.05) is 22.9 Å². The van der Waals surface area contributed by atoms with Crippen LogP contribution in [0.4, 0.5) is 11.4 Å². The predicted octanol–water partition coefficient (Wildman–Crippen LogP) is 2.50. The standard InChI is InChI=1S/C21H27N3O3/c1-4-27-19-11-9-18(10-12-19)24-21(26)16-5-7-17(8-6-16)23-20(25)14-22-13-15(2)3/h5-12,15,22H,4,13-14H2,1-3H3,(H,23,25)(H,24,26)/p+1. The lowest BCUT2D eigenvalue weighted by atomic mass is 10.2. The van der Waals surface area contributed by atoms with Crippen LogP contribution in [0.3, 0.4) is 0 Å². The third-order valence-corrected chi connectivity index (χ3v) is 3.82. The highest BCUT2D eigenvalue weighted by Gasteiger charge is 2.09. The number of carbonyl (C=O) groups is 2. The fraction of sp³-hybridized carbons (Fsp3) is 0.333. The number of carbonyl (C=O) groups excluding carboxylic acids is 2. The Hall–Kier alpha value is -2.86. The highest BCUT2D eigenvalue weighted by molar-refractivity contribution is 6.04. The van der Waals surface area contributed by atoms with Crippen molar-refractivity contribution in [1.29, 1.82) is 0 Å². The van der Waals surface area contributed by atoms with Crippen molar-refractivity contribution in [3.05, 3.63) is 54.1 Å². The van der Waals surface area contributed by atoms with Crippen LogP contribution in [0.25, 0.3) is 0 Å². The van der Waals surface area contributed by atoms with Crippen LogP contribution in [0.15, 0.2) is 48.5 Å². The molecule has 0 unspecified atom stereocenters. The summed E-state index contributed by atoms with van der Waals surface area (Å²) in [5.41, 5.74) is 1.89. The molecule has 0 radical (unpaired) electrons. The molecule has 0 aromatic heterocycles. The summed E-state index contributed by atoms with van der Waals surface area (Å²) in [7, 11) is 0.